The Morgan fingerprint density at radius 1 is 0.609 bits per heavy atom. The third-order valence-corrected chi connectivity index (χ3v) is 4.40. The number of carbonyl (C=O) groups excluding carboxylic acids is 2. The average molecular weight is 326 g/mol. The molecule has 0 unspecified atom stereocenters. The van der Waals surface area contributed by atoms with Crippen LogP contribution in [-0.2, 0) is 9.59 Å². The van der Waals surface area contributed by atoms with Crippen molar-refractivity contribution >= 4 is 11.7 Å². The molecule has 0 saturated heterocycles. The standard InChI is InChI=1S/C20H39NO2/c1-4-5-6-7-8-9-10-11-12-13-14-15-16-17-18-19(22)20(23)21(2)3/h4-18H2,1-3H3. The van der Waals surface area contributed by atoms with Crippen LogP contribution in [0.4, 0.5) is 0 Å². The molecule has 0 saturated carbocycles. The Labute approximate surface area is 144 Å². The minimum absolute atomic E-state index is 0.242. The minimum Gasteiger partial charge on any atom is -0.342 e. The van der Waals surface area contributed by atoms with Crippen LogP contribution in [0.15, 0.2) is 0 Å². The van der Waals surface area contributed by atoms with Crippen molar-refractivity contribution in [1.82, 2.24) is 4.90 Å². The second-order valence-corrected chi connectivity index (χ2v) is 6.97. The van der Waals surface area contributed by atoms with Gasteiger partial charge in [0, 0.05) is 20.5 Å². The van der Waals surface area contributed by atoms with Gasteiger partial charge in [-0.25, -0.2) is 0 Å². The summed E-state index contributed by atoms with van der Waals surface area (Å²) in [5, 5.41) is 0. The predicted molar refractivity (Wildman–Crippen MR) is 98.6 cm³/mol. The van der Waals surface area contributed by atoms with Crippen LogP contribution in [0.3, 0.4) is 0 Å². The van der Waals surface area contributed by atoms with Gasteiger partial charge < -0.3 is 4.90 Å². The van der Waals surface area contributed by atoms with Crippen molar-refractivity contribution in [3.8, 4) is 0 Å². The molecule has 0 spiro atoms. The van der Waals surface area contributed by atoms with Crippen molar-refractivity contribution in [3.63, 3.8) is 0 Å². The van der Waals surface area contributed by atoms with E-state index in [0.29, 0.717) is 6.42 Å². The molecule has 0 atom stereocenters. The molecule has 136 valence electrons. The number of hydrogen-bond acceptors (Lipinski definition) is 2. The van der Waals surface area contributed by atoms with Gasteiger partial charge in [-0.2, -0.15) is 0 Å². The van der Waals surface area contributed by atoms with Crippen LogP contribution >= 0.6 is 0 Å². The molecule has 0 aliphatic heterocycles. The molecule has 0 aromatic carbocycles. The summed E-state index contributed by atoms with van der Waals surface area (Å²) in [6.45, 7) is 2.27. The minimum atomic E-state index is -0.361. The van der Waals surface area contributed by atoms with E-state index in [0.717, 1.165) is 12.8 Å². The number of hydrogen-bond donors (Lipinski definition) is 0. The summed E-state index contributed by atoms with van der Waals surface area (Å²) in [7, 11) is 3.26. The quantitative estimate of drug-likeness (QED) is 0.277. The molecule has 0 aliphatic rings. The van der Waals surface area contributed by atoms with Crippen molar-refractivity contribution < 1.29 is 9.59 Å². The first-order chi connectivity index (χ1) is 11.1. The maximum Gasteiger partial charge on any atom is 0.289 e. The van der Waals surface area contributed by atoms with Gasteiger partial charge >= 0.3 is 0 Å². The van der Waals surface area contributed by atoms with E-state index in [9.17, 15) is 9.59 Å². The highest BCUT2D eigenvalue weighted by atomic mass is 16.2. The fourth-order valence-electron chi connectivity index (χ4n) is 2.84. The lowest BCUT2D eigenvalue weighted by Crippen LogP contribution is -2.29. The maximum absolute atomic E-state index is 11.5. The molecule has 0 heterocycles. The molecule has 1 amide bonds. The van der Waals surface area contributed by atoms with Gasteiger partial charge in [0.25, 0.3) is 5.91 Å². The Hall–Kier alpha value is -0.860. The molecule has 0 radical (unpaired) electrons. The van der Waals surface area contributed by atoms with E-state index in [2.05, 4.69) is 6.92 Å². The first-order valence-corrected chi connectivity index (χ1v) is 9.84. The van der Waals surface area contributed by atoms with Crippen LogP contribution in [0.2, 0.25) is 0 Å². The number of Topliss-reactive ketones (excluding diaryl/α,β-unsaturated/α-hetero) is 1. The summed E-state index contributed by atoms with van der Waals surface area (Å²) in [5.41, 5.74) is 0. The number of amides is 1. The van der Waals surface area contributed by atoms with E-state index in [1.807, 2.05) is 0 Å². The zero-order valence-corrected chi connectivity index (χ0v) is 15.9. The van der Waals surface area contributed by atoms with Gasteiger partial charge in [0.05, 0.1) is 0 Å². The van der Waals surface area contributed by atoms with E-state index in [-0.39, 0.29) is 11.7 Å². The van der Waals surface area contributed by atoms with Gasteiger partial charge in [0.2, 0.25) is 5.78 Å². The Morgan fingerprint density at radius 2 is 0.957 bits per heavy atom. The van der Waals surface area contributed by atoms with Crippen molar-refractivity contribution in [2.45, 2.75) is 103 Å². The summed E-state index contributed by atoms with van der Waals surface area (Å²) in [5.74, 6) is -0.603. The van der Waals surface area contributed by atoms with E-state index < -0.39 is 0 Å². The fraction of sp³-hybridized carbons (Fsp3) is 0.900. The van der Waals surface area contributed by atoms with Crippen LogP contribution < -0.4 is 0 Å². The van der Waals surface area contributed by atoms with Crippen LogP contribution in [0.1, 0.15) is 103 Å². The number of nitrogens with zero attached hydrogens (tertiary/aromatic N) is 1. The van der Waals surface area contributed by atoms with Gasteiger partial charge in [-0.3, -0.25) is 9.59 Å². The maximum atomic E-state index is 11.5. The SMILES string of the molecule is CCCCCCCCCCCCCCCCC(=O)C(=O)N(C)C. The van der Waals surface area contributed by atoms with Crippen molar-refractivity contribution in [1.29, 1.82) is 0 Å². The highest BCUT2D eigenvalue weighted by molar-refractivity contribution is 6.35. The Kier molecular flexibility index (Phi) is 15.4. The molecule has 0 bridgehead atoms. The number of ketones is 1. The van der Waals surface area contributed by atoms with E-state index >= 15 is 0 Å². The summed E-state index contributed by atoms with van der Waals surface area (Å²) in [6.07, 6.45) is 18.6. The van der Waals surface area contributed by atoms with Crippen molar-refractivity contribution in [2.24, 2.45) is 0 Å². The zero-order valence-electron chi connectivity index (χ0n) is 15.9. The highest BCUT2D eigenvalue weighted by Crippen LogP contribution is 2.13. The third kappa shape index (κ3) is 14.5. The first kappa shape index (κ1) is 22.1. The second kappa shape index (κ2) is 16.0. The number of carbonyl (C=O) groups is 2. The topological polar surface area (TPSA) is 37.4 Å². The van der Waals surface area contributed by atoms with Crippen molar-refractivity contribution in [2.75, 3.05) is 14.1 Å². The lowest BCUT2D eigenvalue weighted by Gasteiger charge is -2.08. The molecular weight excluding hydrogens is 286 g/mol. The van der Waals surface area contributed by atoms with Gasteiger partial charge in [-0.1, -0.05) is 90.4 Å². The molecular formula is C20H39NO2. The van der Waals surface area contributed by atoms with Crippen LogP contribution in [0.25, 0.3) is 0 Å². The summed E-state index contributed by atoms with van der Waals surface area (Å²) >= 11 is 0. The molecule has 3 nitrogen and oxygen atoms in total. The molecule has 0 aliphatic carbocycles. The smallest absolute Gasteiger partial charge is 0.289 e. The van der Waals surface area contributed by atoms with Gasteiger partial charge in [-0.05, 0) is 6.42 Å². The highest BCUT2D eigenvalue weighted by Gasteiger charge is 2.14. The van der Waals surface area contributed by atoms with Crippen LogP contribution in [-0.4, -0.2) is 30.7 Å². The molecule has 3 heteroatoms. The van der Waals surface area contributed by atoms with Crippen LogP contribution in [0.5, 0.6) is 0 Å². The molecule has 0 N–H and O–H groups in total. The van der Waals surface area contributed by atoms with E-state index in [1.165, 1.54) is 81.9 Å². The summed E-state index contributed by atoms with van der Waals surface area (Å²) < 4.78 is 0. The largest absolute Gasteiger partial charge is 0.342 e. The molecule has 0 aromatic heterocycles. The third-order valence-electron chi connectivity index (χ3n) is 4.40. The average Bonchev–Trinajstić information content (AvgIpc) is 2.54. The molecule has 23 heavy (non-hydrogen) atoms. The Morgan fingerprint density at radius 3 is 1.30 bits per heavy atom. The Balaban J connectivity index is 3.19. The predicted octanol–water partition coefficient (Wildman–Crippen LogP) is 5.52. The lowest BCUT2D eigenvalue weighted by atomic mass is 10.0. The Bertz CT molecular complexity index is 300. The monoisotopic (exact) mass is 325 g/mol. The number of rotatable bonds is 16. The number of likely N-dealkylation sites (N-methyl/N-ethyl adjacent to an activating group) is 1. The summed E-state index contributed by atoms with van der Waals surface area (Å²) in [6, 6.07) is 0. The van der Waals surface area contributed by atoms with Crippen LogP contribution in [0, 0.1) is 0 Å². The first-order valence-electron chi connectivity index (χ1n) is 9.84. The van der Waals surface area contributed by atoms with E-state index in [4.69, 9.17) is 0 Å². The van der Waals surface area contributed by atoms with E-state index in [1.54, 1.807) is 14.1 Å². The van der Waals surface area contributed by atoms with Gasteiger partial charge in [-0.15, -0.1) is 0 Å². The second-order valence-electron chi connectivity index (χ2n) is 6.97. The molecule has 0 fully saturated rings. The van der Waals surface area contributed by atoms with Gasteiger partial charge in [0.1, 0.15) is 0 Å². The van der Waals surface area contributed by atoms with Gasteiger partial charge in [0.15, 0.2) is 0 Å². The lowest BCUT2D eigenvalue weighted by molar-refractivity contribution is -0.143. The zero-order chi connectivity index (χ0) is 17.3. The molecule has 0 aromatic rings. The molecule has 0 rings (SSSR count). The fourth-order valence-corrected chi connectivity index (χ4v) is 2.84. The number of unbranched alkanes of at least 4 members (excludes halogenated alkanes) is 13. The normalized spacial score (nSPS) is 10.7. The van der Waals surface area contributed by atoms with Crippen molar-refractivity contribution in [3.05, 3.63) is 0 Å². The summed E-state index contributed by atoms with van der Waals surface area (Å²) in [4.78, 5) is 24.3.